The lowest BCUT2D eigenvalue weighted by atomic mass is 9.94. The van der Waals surface area contributed by atoms with Gasteiger partial charge in [-0.2, -0.15) is 0 Å². The molecular weight excluding hydrogens is 272 g/mol. The normalized spacial score (nSPS) is 10.8. The van der Waals surface area contributed by atoms with Crippen LogP contribution >= 0.6 is 0 Å². The van der Waals surface area contributed by atoms with Crippen molar-refractivity contribution in [3.05, 3.63) is 29.8 Å². The lowest BCUT2D eigenvalue weighted by molar-refractivity contribution is -0.164. The van der Waals surface area contributed by atoms with Crippen LogP contribution in [0.2, 0.25) is 0 Å². The summed E-state index contributed by atoms with van der Waals surface area (Å²) in [5.74, 6) is -1.25. The summed E-state index contributed by atoms with van der Waals surface area (Å²) in [7, 11) is 0. The molecule has 0 radical (unpaired) electrons. The number of carbonyl (C=O) groups is 3. The summed E-state index contributed by atoms with van der Waals surface area (Å²) in [6.07, 6.45) is 2.23. The average Bonchev–Trinajstić information content (AvgIpc) is 2.47. The van der Waals surface area contributed by atoms with Gasteiger partial charge in [-0.15, -0.1) is 0 Å². The van der Waals surface area contributed by atoms with Crippen LogP contribution in [0.4, 0.5) is 0 Å². The van der Waals surface area contributed by atoms with Crippen molar-refractivity contribution in [2.45, 2.75) is 33.6 Å². The van der Waals surface area contributed by atoms with Crippen LogP contribution in [-0.2, 0) is 14.3 Å². The molecule has 0 saturated carbocycles. The summed E-state index contributed by atoms with van der Waals surface area (Å²) in [6.45, 7) is 5.13. The monoisotopic (exact) mass is 292 g/mol. The maximum Gasteiger partial charge on any atom is 0.328 e. The molecule has 0 amide bonds. The summed E-state index contributed by atoms with van der Waals surface area (Å²) in [5.41, 5.74) is -1.18. The fourth-order valence-corrected chi connectivity index (χ4v) is 1.47. The third-order valence-corrected chi connectivity index (χ3v) is 3.00. The number of unbranched alkanes of at least 4 members (excludes halogenated alkanes) is 1. The summed E-state index contributed by atoms with van der Waals surface area (Å²) in [4.78, 5) is 35.0. The Bertz CT molecular complexity index is 519. The van der Waals surface area contributed by atoms with Crippen molar-refractivity contribution >= 4 is 18.2 Å². The number of aldehydes is 1. The van der Waals surface area contributed by atoms with Crippen LogP contribution in [0.25, 0.3) is 0 Å². The second-order valence-corrected chi connectivity index (χ2v) is 5.16. The molecule has 1 aromatic carbocycles. The van der Waals surface area contributed by atoms with Gasteiger partial charge in [-0.25, -0.2) is 0 Å². The van der Waals surface area contributed by atoms with Crippen LogP contribution < -0.4 is 4.74 Å². The van der Waals surface area contributed by atoms with Crippen LogP contribution in [0.5, 0.6) is 5.75 Å². The molecule has 0 aromatic heterocycles. The first-order valence-electron chi connectivity index (χ1n) is 6.87. The molecule has 1 aromatic rings. The minimum Gasteiger partial charge on any atom is -0.465 e. The zero-order valence-electron chi connectivity index (χ0n) is 12.5. The van der Waals surface area contributed by atoms with Crippen molar-refractivity contribution in [2.75, 3.05) is 6.61 Å². The van der Waals surface area contributed by atoms with E-state index < -0.39 is 17.4 Å². The van der Waals surface area contributed by atoms with Gasteiger partial charge in [0.05, 0.1) is 12.2 Å². The van der Waals surface area contributed by atoms with Crippen molar-refractivity contribution in [1.82, 2.24) is 0 Å². The first-order valence-corrected chi connectivity index (χ1v) is 6.87. The molecule has 0 heterocycles. The Morgan fingerprint density at radius 2 is 1.86 bits per heavy atom. The first kappa shape index (κ1) is 16.9. The molecule has 5 heteroatoms. The third-order valence-electron chi connectivity index (χ3n) is 3.00. The molecular formula is C16H20O5. The topological polar surface area (TPSA) is 69.7 Å². The maximum atomic E-state index is 12.1. The number of ether oxygens (including phenoxy) is 2. The van der Waals surface area contributed by atoms with E-state index in [4.69, 9.17) is 9.47 Å². The van der Waals surface area contributed by atoms with Crippen LogP contribution in [0.15, 0.2) is 24.3 Å². The molecule has 0 aliphatic heterocycles. The van der Waals surface area contributed by atoms with Crippen molar-refractivity contribution in [3.8, 4) is 5.75 Å². The minimum atomic E-state index is -1.43. The number of benzene rings is 1. The second kappa shape index (κ2) is 7.57. The highest BCUT2D eigenvalue weighted by Gasteiger charge is 2.40. The number of carbonyl (C=O) groups excluding carboxylic acids is 3. The molecule has 0 saturated heterocycles. The van der Waals surface area contributed by atoms with E-state index in [1.54, 1.807) is 12.1 Å². The van der Waals surface area contributed by atoms with Crippen molar-refractivity contribution < 1.29 is 23.9 Å². The predicted molar refractivity (Wildman–Crippen MR) is 77.1 cm³/mol. The number of hydrogen-bond donors (Lipinski definition) is 0. The lowest BCUT2D eigenvalue weighted by Crippen LogP contribution is -2.38. The number of para-hydroxylation sites is 1. The fourth-order valence-electron chi connectivity index (χ4n) is 1.47. The second-order valence-electron chi connectivity index (χ2n) is 5.16. The van der Waals surface area contributed by atoms with Gasteiger partial charge in [-0.3, -0.25) is 14.4 Å². The Labute approximate surface area is 124 Å². The van der Waals surface area contributed by atoms with Gasteiger partial charge in [0.25, 0.3) is 0 Å². The summed E-state index contributed by atoms with van der Waals surface area (Å²) in [5, 5.41) is 0. The van der Waals surface area contributed by atoms with E-state index in [0.717, 1.165) is 12.8 Å². The molecule has 0 aliphatic carbocycles. The van der Waals surface area contributed by atoms with E-state index in [2.05, 4.69) is 0 Å². The maximum absolute atomic E-state index is 12.1. The molecule has 5 nitrogen and oxygen atoms in total. The van der Waals surface area contributed by atoms with Gasteiger partial charge in [-0.1, -0.05) is 25.5 Å². The van der Waals surface area contributed by atoms with E-state index in [-0.39, 0.29) is 17.9 Å². The Kier molecular flexibility index (Phi) is 6.09. The van der Waals surface area contributed by atoms with Gasteiger partial charge in [0.1, 0.15) is 5.75 Å². The quantitative estimate of drug-likeness (QED) is 0.254. The van der Waals surface area contributed by atoms with Crippen LogP contribution in [0.3, 0.4) is 0 Å². The van der Waals surface area contributed by atoms with Gasteiger partial charge < -0.3 is 9.47 Å². The standard InChI is InChI=1S/C16H20O5/c1-4-5-10-20-14(18)16(2,3)15(19)21-13-9-7-6-8-12(13)11-17/h6-9,11H,4-5,10H2,1-3H3. The zero-order chi connectivity index (χ0) is 15.9. The zero-order valence-corrected chi connectivity index (χ0v) is 12.5. The molecule has 0 bridgehead atoms. The average molecular weight is 292 g/mol. The van der Waals surface area contributed by atoms with Gasteiger partial charge in [-0.05, 0) is 32.4 Å². The van der Waals surface area contributed by atoms with Gasteiger partial charge >= 0.3 is 11.9 Å². The molecule has 0 unspecified atom stereocenters. The van der Waals surface area contributed by atoms with Gasteiger partial charge in [0, 0.05) is 0 Å². The SMILES string of the molecule is CCCCOC(=O)C(C)(C)C(=O)Oc1ccccc1C=O. The number of rotatable bonds is 7. The Balaban J connectivity index is 2.76. The minimum absolute atomic E-state index is 0.131. The number of esters is 2. The Hall–Kier alpha value is -2.17. The third kappa shape index (κ3) is 4.41. The predicted octanol–water partition coefficient (Wildman–Crippen LogP) is 2.77. The molecule has 0 spiro atoms. The number of hydrogen-bond acceptors (Lipinski definition) is 5. The highest BCUT2D eigenvalue weighted by molar-refractivity contribution is 6.00. The van der Waals surface area contributed by atoms with E-state index in [0.29, 0.717) is 6.29 Å². The molecule has 0 N–H and O–H groups in total. The first-order chi connectivity index (χ1) is 9.93. The smallest absolute Gasteiger partial charge is 0.328 e. The largest absolute Gasteiger partial charge is 0.465 e. The van der Waals surface area contributed by atoms with E-state index in [1.165, 1.54) is 26.0 Å². The van der Waals surface area contributed by atoms with Gasteiger partial charge in [0.2, 0.25) is 0 Å². The van der Waals surface area contributed by atoms with Crippen LogP contribution in [-0.4, -0.2) is 24.8 Å². The summed E-state index contributed by atoms with van der Waals surface area (Å²) < 4.78 is 10.2. The highest BCUT2D eigenvalue weighted by Crippen LogP contribution is 2.24. The van der Waals surface area contributed by atoms with E-state index in [9.17, 15) is 14.4 Å². The van der Waals surface area contributed by atoms with Crippen LogP contribution in [0.1, 0.15) is 44.0 Å². The lowest BCUT2D eigenvalue weighted by Gasteiger charge is -2.21. The summed E-state index contributed by atoms with van der Waals surface area (Å²) in [6, 6.07) is 6.33. The van der Waals surface area contributed by atoms with Crippen molar-refractivity contribution in [2.24, 2.45) is 5.41 Å². The molecule has 114 valence electrons. The Morgan fingerprint density at radius 1 is 1.19 bits per heavy atom. The molecule has 21 heavy (non-hydrogen) atoms. The molecule has 1 rings (SSSR count). The van der Waals surface area contributed by atoms with E-state index in [1.807, 2.05) is 6.92 Å². The fraction of sp³-hybridized carbons (Fsp3) is 0.438. The summed E-state index contributed by atoms with van der Waals surface area (Å²) >= 11 is 0. The van der Waals surface area contributed by atoms with Crippen molar-refractivity contribution in [1.29, 1.82) is 0 Å². The Morgan fingerprint density at radius 3 is 2.48 bits per heavy atom. The molecule has 0 aliphatic rings. The van der Waals surface area contributed by atoms with Gasteiger partial charge in [0.15, 0.2) is 11.7 Å². The molecule has 0 fully saturated rings. The van der Waals surface area contributed by atoms with Crippen molar-refractivity contribution in [3.63, 3.8) is 0 Å². The van der Waals surface area contributed by atoms with E-state index >= 15 is 0 Å². The molecule has 0 atom stereocenters. The van der Waals surface area contributed by atoms with Crippen LogP contribution in [0, 0.1) is 5.41 Å². The highest BCUT2D eigenvalue weighted by atomic mass is 16.6.